The summed E-state index contributed by atoms with van der Waals surface area (Å²) in [5.74, 6) is -10.4. The largest absolute Gasteiger partial charge is 0.322 e. The number of carbonyl (C=O) groups is 2. The van der Waals surface area contributed by atoms with Crippen LogP contribution in [-0.2, 0) is 9.59 Å². The van der Waals surface area contributed by atoms with Gasteiger partial charge in [0, 0.05) is 13.8 Å². The summed E-state index contributed by atoms with van der Waals surface area (Å²) < 4.78 is 50.7. The first-order valence-electron chi connectivity index (χ1n) is 5.34. The maximum atomic E-state index is 12.7. The average molecular weight is 293 g/mol. The number of nitrogens with one attached hydrogen (secondary N) is 2. The summed E-state index contributed by atoms with van der Waals surface area (Å²) in [6.45, 7) is 0.804. The summed E-state index contributed by atoms with van der Waals surface area (Å²) in [5, 5.41) is 3.69. The summed E-state index contributed by atoms with van der Waals surface area (Å²) in [6.07, 6.45) is 2.06. The highest BCUT2D eigenvalue weighted by Gasteiger charge is 2.33. The quantitative estimate of drug-likeness (QED) is 0.837. The van der Waals surface area contributed by atoms with Crippen molar-refractivity contribution in [1.29, 1.82) is 0 Å². The monoisotopic (exact) mass is 293 g/mol. The number of hydrogen-bond acceptors (Lipinski definition) is 3. The van der Waals surface area contributed by atoms with Crippen molar-refractivity contribution in [1.82, 2.24) is 4.98 Å². The molecule has 110 valence electrons. The Balaban J connectivity index is 2.82. The van der Waals surface area contributed by atoms with Crippen molar-refractivity contribution in [3.8, 4) is 0 Å². The van der Waals surface area contributed by atoms with Crippen molar-refractivity contribution in [3.05, 3.63) is 18.5 Å². The molecular formula is C11H11F4N3O2. The molecule has 1 rings (SSSR count). The lowest BCUT2D eigenvalue weighted by Crippen LogP contribution is -2.32. The minimum atomic E-state index is -3.60. The van der Waals surface area contributed by atoms with E-state index in [-0.39, 0.29) is 11.4 Å². The molecule has 0 radical (unpaired) electrons. The van der Waals surface area contributed by atoms with Gasteiger partial charge in [-0.2, -0.15) is 17.6 Å². The Morgan fingerprint density at radius 2 is 1.30 bits per heavy atom. The third-order valence-electron chi connectivity index (χ3n) is 2.05. The first-order valence-corrected chi connectivity index (χ1v) is 5.34. The number of aromatic nitrogens is 1. The molecule has 1 aromatic rings. The minimum absolute atomic E-state index is 0.159. The highest BCUT2D eigenvalue weighted by Crippen LogP contribution is 2.20. The van der Waals surface area contributed by atoms with Crippen molar-refractivity contribution in [3.63, 3.8) is 0 Å². The first-order chi connectivity index (χ1) is 9.00. The Kier molecular flexibility index (Phi) is 4.31. The lowest BCUT2D eigenvalue weighted by Gasteiger charge is -2.13. The highest BCUT2D eigenvalue weighted by atomic mass is 19.3. The number of anilines is 2. The van der Waals surface area contributed by atoms with Crippen LogP contribution < -0.4 is 10.6 Å². The van der Waals surface area contributed by atoms with Crippen molar-refractivity contribution < 1.29 is 27.2 Å². The molecule has 0 aromatic carbocycles. The van der Waals surface area contributed by atoms with Crippen LogP contribution in [0.15, 0.2) is 18.5 Å². The zero-order chi connectivity index (χ0) is 15.6. The van der Waals surface area contributed by atoms with Crippen molar-refractivity contribution in [2.24, 2.45) is 0 Å². The maximum absolute atomic E-state index is 12.7. The Labute approximate surface area is 111 Å². The van der Waals surface area contributed by atoms with Crippen LogP contribution >= 0.6 is 0 Å². The fraction of sp³-hybridized carbons (Fsp3) is 0.364. The van der Waals surface area contributed by atoms with Crippen LogP contribution in [0, 0.1) is 0 Å². The van der Waals surface area contributed by atoms with E-state index in [4.69, 9.17) is 0 Å². The predicted molar refractivity (Wildman–Crippen MR) is 62.7 cm³/mol. The van der Waals surface area contributed by atoms with Gasteiger partial charge in [-0.1, -0.05) is 0 Å². The molecule has 20 heavy (non-hydrogen) atoms. The summed E-state index contributed by atoms with van der Waals surface area (Å²) >= 11 is 0. The molecule has 2 amide bonds. The molecule has 0 aliphatic carbocycles. The predicted octanol–water partition coefficient (Wildman–Crippen LogP) is 2.27. The molecule has 1 aromatic heterocycles. The third-order valence-corrected chi connectivity index (χ3v) is 2.05. The van der Waals surface area contributed by atoms with Gasteiger partial charge in [-0.25, -0.2) is 0 Å². The maximum Gasteiger partial charge on any atom is 0.322 e. The van der Waals surface area contributed by atoms with Gasteiger partial charge in [0.05, 0.1) is 23.8 Å². The van der Waals surface area contributed by atoms with E-state index in [0.717, 1.165) is 18.5 Å². The van der Waals surface area contributed by atoms with Gasteiger partial charge in [0.2, 0.25) is 0 Å². The Hall–Kier alpha value is -2.19. The van der Waals surface area contributed by atoms with E-state index in [1.165, 1.54) is 0 Å². The van der Waals surface area contributed by atoms with Crippen LogP contribution in [-0.4, -0.2) is 28.6 Å². The zero-order valence-electron chi connectivity index (χ0n) is 10.5. The van der Waals surface area contributed by atoms with Gasteiger partial charge in [0.15, 0.2) is 0 Å². The van der Waals surface area contributed by atoms with Crippen molar-refractivity contribution in [2.45, 2.75) is 25.7 Å². The molecule has 0 fully saturated rings. The van der Waals surface area contributed by atoms with Crippen LogP contribution in [0.2, 0.25) is 0 Å². The summed E-state index contributed by atoms with van der Waals surface area (Å²) in [7, 11) is 0. The van der Waals surface area contributed by atoms with Gasteiger partial charge < -0.3 is 10.6 Å². The van der Waals surface area contributed by atoms with Gasteiger partial charge >= 0.3 is 11.8 Å². The van der Waals surface area contributed by atoms with Crippen molar-refractivity contribution in [2.75, 3.05) is 10.6 Å². The fourth-order valence-electron chi connectivity index (χ4n) is 1.06. The van der Waals surface area contributed by atoms with Gasteiger partial charge in [-0.15, -0.1) is 0 Å². The first kappa shape index (κ1) is 15.9. The molecule has 1 heterocycles. The van der Waals surface area contributed by atoms with Crippen LogP contribution in [0.1, 0.15) is 13.8 Å². The lowest BCUT2D eigenvalue weighted by atomic mass is 10.3. The second-order valence-corrected chi connectivity index (χ2v) is 4.15. The molecule has 0 spiro atoms. The van der Waals surface area contributed by atoms with E-state index >= 15 is 0 Å². The zero-order valence-corrected chi connectivity index (χ0v) is 10.5. The molecule has 0 unspecified atom stereocenters. The van der Waals surface area contributed by atoms with E-state index in [2.05, 4.69) is 4.98 Å². The van der Waals surface area contributed by atoms with Gasteiger partial charge in [-0.3, -0.25) is 14.6 Å². The second-order valence-electron chi connectivity index (χ2n) is 4.15. The number of pyridine rings is 1. The van der Waals surface area contributed by atoms with Crippen molar-refractivity contribution >= 4 is 23.2 Å². The normalized spacial score (nSPS) is 11.9. The third kappa shape index (κ3) is 4.48. The average Bonchev–Trinajstić information content (AvgIpc) is 2.26. The molecule has 0 aliphatic heterocycles. The highest BCUT2D eigenvalue weighted by molar-refractivity contribution is 5.98. The van der Waals surface area contributed by atoms with Gasteiger partial charge in [0.25, 0.3) is 11.8 Å². The molecular weight excluding hydrogens is 282 g/mol. The number of carbonyl (C=O) groups excluding carboxylic acids is 2. The number of halogens is 4. The number of nitrogens with zero attached hydrogens (tertiary/aromatic N) is 1. The van der Waals surface area contributed by atoms with E-state index in [1.54, 1.807) is 0 Å². The smallest absolute Gasteiger partial charge is 0.319 e. The fourth-order valence-corrected chi connectivity index (χ4v) is 1.06. The topological polar surface area (TPSA) is 71.1 Å². The van der Waals surface area contributed by atoms with E-state index in [1.807, 2.05) is 10.6 Å². The molecule has 0 bridgehead atoms. The molecule has 9 heteroatoms. The van der Waals surface area contributed by atoms with Crippen LogP contribution in [0.3, 0.4) is 0 Å². The Morgan fingerprint density at radius 3 is 1.60 bits per heavy atom. The van der Waals surface area contributed by atoms with Crippen LogP contribution in [0.5, 0.6) is 0 Å². The standard InChI is InChI=1S/C11H11F4N3O2/c1-10(12,13)8(19)17-6-3-7(5-16-4-6)18-9(20)11(2,14)15/h3-5H,1-2H3,(H,17,19)(H,18,20). The molecule has 0 saturated carbocycles. The van der Waals surface area contributed by atoms with Crippen LogP contribution in [0.4, 0.5) is 28.9 Å². The SMILES string of the molecule is CC(F)(F)C(=O)Nc1cncc(NC(=O)C(C)(F)F)c1. The van der Waals surface area contributed by atoms with Gasteiger partial charge in [0.1, 0.15) is 0 Å². The van der Waals surface area contributed by atoms with E-state index in [0.29, 0.717) is 13.8 Å². The van der Waals surface area contributed by atoms with Gasteiger partial charge in [-0.05, 0) is 6.07 Å². The van der Waals surface area contributed by atoms with E-state index in [9.17, 15) is 27.2 Å². The number of amides is 2. The second kappa shape index (κ2) is 5.43. The molecule has 0 atom stereocenters. The molecule has 0 aliphatic rings. The number of alkyl halides is 4. The molecule has 2 N–H and O–H groups in total. The Bertz CT molecular complexity index is 480. The number of rotatable bonds is 4. The Morgan fingerprint density at radius 1 is 0.950 bits per heavy atom. The van der Waals surface area contributed by atoms with E-state index < -0.39 is 23.7 Å². The summed E-state index contributed by atoms with van der Waals surface area (Å²) in [6, 6.07) is 1.03. The summed E-state index contributed by atoms with van der Waals surface area (Å²) in [4.78, 5) is 25.6. The summed E-state index contributed by atoms with van der Waals surface area (Å²) in [5.41, 5.74) is -0.317. The molecule has 5 nitrogen and oxygen atoms in total. The molecule has 0 saturated heterocycles. The number of hydrogen-bond donors (Lipinski definition) is 2. The van der Waals surface area contributed by atoms with Crippen LogP contribution in [0.25, 0.3) is 0 Å². The lowest BCUT2D eigenvalue weighted by molar-refractivity contribution is -0.137. The minimum Gasteiger partial charge on any atom is -0.319 e.